The minimum atomic E-state index is 0.916. The highest BCUT2D eigenvalue weighted by molar-refractivity contribution is 9.10. The van der Waals surface area contributed by atoms with Gasteiger partial charge in [-0.15, -0.1) is 11.3 Å². The van der Waals surface area contributed by atoms with Crippen LogP contribution in [0.1, 0.15) is 16.7 Å². The number of aromatic nitrogens is 1. The maximum atomic E-state index is 4.76. The van der Waals surface area contributed by atoms with E-state index in [1.165, 1.54) is 27.2 Å². The maximum absolute atomic E-state index is 4.76. The summed E-state index contributed by atoms with van der Waals surface area (Å²) >= 11 is 5.34. The lowest BCUT2D eigenvalue weighted by molar-refractivity contribution is 0.650. The van der Waals surface area contributed by atoms with Gasteiger partial charge in [0.1, 0.15) is 5.01 Å². The molecule has 2 aliphatic heterocycles. The zero-order chi connectivity index (χ0) is 23.4. The highest BCUT2D eigenvalue weighted by atomic mass is 79.9. The van der Waals surface area contributed by atoms with E-state index in [0.29, 0.717) is 0 Å². The Kier molecular flexibility index (Phi) is 4.96. The van der Waals surface area contributed by atoms with Crippen LogP contribution >= 0.6 is 27.3 Å². The number of thiazole rings is 1. The number of nitrogens with zero attached hydrogens (tertiary/aromatic N) is 4. The third-order valence-corrected chi connectivity index (χ3v) is 8.24. The van der Waals surface area contributed by atoms with Gasteiger partial charge in [-0.05, 0) is 83.4 Å². The van der Waals surface area contributed by atoms with E-state index in [9.17, 15) is 0 Å². The molecular weight excluding hydrogens is 516 g/mol. The molecule has 0 amide bonds. The second kappa shape index (κ2) is 8.33. The molecule has 0 atom stereocenters. The Hall–Kier alpha value is -3.48. The summed E-state index contributed by atoms with van der Waals surface area (Å²) < 4.78 is 2.35. The van der Waals surface area contributed by atoms with E-state index >= 15 is 0 Å². The van der Waals surface area contributed by atoms with Crippen molar-refractivity contribution < 1.29 is 0 Å². The van der Waals surface area contributed by atoms with Gasteiger partial charge in [0.15, 0.2) is 0 Å². The first-order chi connectivity index (χ1) is 17.2. The van der Waals surface area contributed by atoms with Crippen molar-refractivity contribution in [1.29, 1.82) is 0 Å². The van der Waals surface area contributed by atoms with Gasteiger partial charge in [-0.2, -0.15) is 0 Å². The van der Waals surface area contributed by atoms with E-state index in [1.807, 2.05) is 12.3 Å². The highest BCUT2D eigenvalue weighted by Gasteiger charge is 2.29. The van der Waals surface area contributed by atoms with Gasteiger partial charge in [0.2, 0.25) is 0 Å². The van der Waals surface area contributed by atoms with Crippen LogP contribution in [0.3, 0.4) is 0 Å². The summed E-state index contributed by atoms with van der Waals surface area (Å²) in [5.74, 6) is 0. The quantitative estimate of drug-likeness (QED) is 0.220. The van der Waals surface area contributed by atoms with E-state index in [4.69, 9.17) is 9.98 Å². The lowest BCUT2D eigenvalue weighted by atomic mass is 10.0. The monoisotopic (exact) mass is 536 g/mol. The normalized spacial score (nSPS) is 14.4. The molecule has 0 saturated heterocycles. The summed E-state index contributed by atoms with van der Waals surface area (Å²) in [5, 5.41) is 1.04. The highest BCUT2D eigenvalue weighted by Crippen LogP contribution is 2.39. The number of rotatable bonds is 3. The zero-order valence-corrected chi connectivity index (χ0v) is 21.3. The molecule has 0 fully saturated rings. The zero-order valence-electron chi connectivity index (χ0n) is 18.9. The third-order valence-electron chi connectivity index (χ3n) is 6.66. The fraction of sp³-hybridized carbons (Fsp3) is 0.103. The Balaban J connectivity index is 1.11. The van der Waals surface area contributed by atoms with Crippen LogP contribution in [0.25, 0.3) is 20.8 Å². The minimum Gasteiger partial charge on any atom is -0.349 e. The summed E-state index contributed by atoms with van der Waals surface area (Å²) in [4.78, 5) is 14.4. The first kappa shape index (κ1) is 20.9. The van der Waals surface area contributed by atoms with E-state index in [1.54, 1.807) is 11.3 Å². The van der Waals surface area contributed by atoms with Crippen molar-refractivity contribution in [2.45, 2.75) is 13.1 Å². The molecule has 0 spiro atoms. The number of halogens is 1. The summed E-state index contributed by atoms with van der Waals surface area (Å²) in [6.07, 6.45) is 1.97. The Morgan fingerprint density at radius 1 is 0.829 bits per heavy atom. The molecule has 5 aromatic rings. The van der Waals surface area contributed by atoms with E-state index in [0.717, 1.165) is 51.6 Å². The van der Waals surface area contributed by atoms with Crippen LogP contribution in [0.15, 0.2) is 94.4 Å². The van der Waals surface area contributed by atoms with Gasteiger partial charge in [-0.1, -0.05) is 34.1 Å². The van der Waals surface area contributed by atoms with Crippen molar-refractivity contribution >= 4 is 60.8 Å². The van der Waals surface area contributed by atoms with Gasteiger partial charge in [0, 0.05) is 40.7 Å². The first-order valence-corrected chi connectivity index (χ1v) is 13.2. The molecule has 0 radical (unpaired) electrons. The summed E-state index contributed by atoms with van der Waals surface area (Å²) in [7, 11) is 0. The van der Waals surface area contributed by atoms with Crippen molar-refractivity contribution in [2.24, 2.45) is 4.99 Å². The van der Waals surface area contributed by atoms with Crippen molar-refractivity contribution in [3.8, 4) is 10.6 Å². The number of fused-ring (bicyclic) bond motifs is 7. The van der Waals surface area contributed by atoms with Gasteiger partial charge in [0.25, 0.3) is 0 Å². The Morgan fingerprint density at radius 2 is 1.57 bits per heavy atom. The van der Waals surface area contributed by atoms with Crippen molar-refractivity contribution in [2.75, 3.05) is 16.5 Å². The van der Waals surface area contributed by atoms with Crippen molar-refractivity contribution in [1.82, 2.24) is 4.98 Å². The number of para-hydroxylation sites is 1. The second-order valence-electron chi connectivity index (χ2n) is 8.99. The average Bonchev–Trinajstić information content (AvgIpc) is 3.32. The molecule has 0 unspecified atom stereocenters. The predicted molar refractivity (Wildman–Crippen MR) is 150 cm³/mol. The van der Waals surface area contributed by atoms with E-state index in [2.05, 4.69) is 105 Å². The van der Waals surface area contributed by atoms with E-state index in [-0.39, 0.29) is 0 Å². The second-order valence-corrected chi connectivity index (χ2v) is 10.9. The standard InChI is InChI=1S/C29H21BrN4S/c30-23-8-12-27-22(14-23)17-34-18-33(27)16-21-13-19(5-11-26(21)34)15-31-24-9-6-20(7-10-24)29-32-25-3-1-2-4-28(25)35-29/h1-15H,16-18H2/b31-15+. The molecule has 3 heterocycles. The van der Waals surface area contributed by atoms with E-state index < -0.39 is 0 Å². The van der Waals surface area contributed by atoms with Crippen molar-refractivity contribution in [3.05, 3.63) is 106 Å². The molecule has 4 nitrogen and oxygen atoms in total. The number of anilines is 2. The third kappa shape index (κ3) is 3.83. The Morgan fingerprint density at radius 3 is 2.37 bits per heavy atom. The maximum Gasteiger partial charge on any atom is 0.124 e. The smallest absolute Gasteiger partial charge is 0.124 e. The lowest BCUT2D eigenvalue weighted by Crippen LogP contribution is -2.46. The molecular formula is C29H21BrN4S. The number of hydrogen-bond acceptors (Lipinski definition) is 5. The number of benzene rings is 4. The van der Waals surface area contributed by atoms with Crippen LogP contribution in [0.4, 0.5) is 17.1 Å². The molecule has 7 rings (SSSR count). The van der Waals surface area contributed by atoms with Gasteiger partial charge in [-0.25, -0.2) is 4.98 Å². The molecule has 1 aromatic heterocycles. The molecule has 0 N–H and O–H groups in total. The van der Waals surface area contributed by atoms with Gasteiger partial charge >= 0.3 is 0 Å². The molecule has 4 aromatic carbocycles. The fourth-order valence-electron chi connectivity index (χ4n) is 4.98. The van der Waals surface area contributed by atoms with Gasteiger partial charge in [-0.3, -0.25) is 4.99 Å². The SMILES string of the molecule is Brc1ccc2c(c1)CN1CN2Cc2cc(/C=N/c3ccc(-c4nc5ccccc5s4)cc3)ccc21. The first-order valence-electron chi connectivity index (χ1n) is 11.6. The topological polar surface area (TPSA) is 31.7 Å². The van der Waals surface area contributed by atoms with Crippen LogP contribution in [0, 0.1) is 0 Å². The van der Waals surface area contributed by atoms with Crippen LogP contribution in [0.2, 0.25) is 0 Å². The summed E-state index contributed by atoms with van der Waals surface area (Å²) in [6.45, 7) is 2.79. The van der Waals surface area contributed by atoms with Crippen LogP contribution in [-0.4, -0.2) is 17.9 Å². The Labute approximate surface area is 216 Å². The molecule has 170 valence electrons. The van der Waals surface area contributed by atoms with Crippen LogP contribution < -0.4 is 9.80 Å². The van der Waals surface area contributed by atoms with Gasteiger partial charge < -0.3 is 9.80 Å². The summed E-state index contributed by atoms with van der Waals surface area (Å²) in [5.41, 5.74) is 9.62. The Bertz CT molecular complexity index is 1570. The predicted octanol–water partition coefficient (Wildman–Crippen LogP) is 7.77. The van der Waals surface area contributed by atoms with Crippen LogP contribution in [0.5, 0.6) is 0 Å². The molecule has 0 aliphatic carbocycles. The van der Waals surface area contributed by atoms with Crippen molar-refractivity contribution in [3.63, 3.8) is 0 Å². The molecule has 2 aliphatic rings. The summed E-state index contributed by atoms with van der Waals surface area (Å²) in [6, 6.07) is 29.9. The molecule has 6 heteroatoms. The molecule has 2 bridgehead atoms. The molecule has 0 saturated carbocycles. The van der Waals surface area contributed by atoms with Crippen LogP contribution in [-0.2, 0) is 13.1 Å². The lowest BCUT2D eigenvalue weighted by Gasteiger charge is -2.44. The number of hydrogen-bond donors (Lipinski definition) is 0. The van der Waals surface area contributed by atoms with Gasteiger partial charge in [0.05, 0.1) is 22.6 Å². The fourth-order valence-corrected chi connectivity index (χ4v) is 6.36. The molecule has 35 heavy (non-hydrogen) atoms. The largest absolute Gasteiger partial charge is 0.349 e. The number of aliphatic imine (C=N–C) groups is 1. The average molecular weight is 537 g/mol. The minimum absolute atomic E-state index is 0.916.